The van der Waals surface area contributed by atoms with Crippen molar-refractivity contribution >= 4 is 0 Å². The second kappa shape index (κ2) is 5.80. The van der Waals surface area contributed by atoms with E-state index in [9.17, 15) is 4.39 Å². The van der Waals surface area contributed by atoms with Crippen molar-refractivity contribution in [1.82, 2.24) is 9.88 Å². The first-order chi connectivity index (χ1) is 9.33. The first-order valence-corrected chi connectivity index (χ1v) is 6.98. The molecule has 0 amide bonds. The summed E-state index contributed by atoms with van der Waals surface area (Å²) in [5, 5.41) is 3.47. The number of aromatic nitrogens is 1. The average Bonchev–Trinajstić information content (AvgIpc) is 2.77. The lowest BCUT2D eigenvalue weighted by atomic mass is 10.1. The van der Waals surface area contributed by atoms with Crippen LogP contribution in [0.2, 0.25) is 0 Å². The topological polar surface area (TPSA) is 17.0 Å². The van der Waals surface area contributed by atoms with Gasteiger partial charge in [0.1, 0.15) is 5.82 Å². The molecule has 2 rings (SSSR count). The maximum absolute atomic E-state index is 13.1. The molecule has 108 valence electrons. The molecular weight excluding hydrogens is 251 g/mol. The summed E-state index contributed by atoms with van der Waals surface area (Å²) in [6.07, 6.45) is 4.21. The van der Waals surface area contributed by atoms with Crippen LogP contribution in [0.1, 0.15) is 37.5 Å². The number of nitrogens with one attached hydrogen (secondary N) is 1. The number of nitrogens with zero attached hydrogens (tertiary/aromatic N) is 1. The molecule has 0 atom stereocenters. The summed E-state index contributed by atoms with van der Waals surface area (Å²) in [6.45, 7) is 10.1. The zero-order valence-electron chi connectivity index (χ0n) is 12.7. The Balaban J connectivity index is 2.02. The lowest BCUT2D eigenvalue weighted by Gasteiger charge is -2.19. The van der Waals surface area contributed by atoms with E-state index in [-0.39, 0.29) is 11.4 Å². The highest BCUT2D eigenvalue weighted by atomic mass is 19.1. The third kappa shape index (κ3) is 4.20. The molecule has 0 spiro atoms. The molecular formula is C17H23FN2. The van der Waals surface area contributed by atoms with Crippen molar-refractivity contribution in [1.29, 1.82) is 0 Å². The van der Waals surface area contributed by atoms with Crippen LogP contribution in [0.15, 0.2) is 36.7 Å². The van der Waals surface area contributed by atoms with Gasteiger partial charge >= 0.3 is 0 Å². The number of aryl methyl sites for hydroxylation is 1. The van der Waals surface area contributed by atoms with Crippen LogP contribution in [0, 0.1) is 12.7 Å². The molecule has 0 unspecified atom stereocenters. The zero-order chi connectivity index (χ0) is 14.8. The van der Waals surface area contributed by atoms with Crippen molar-refractivity contribution in [2.24, 2.45) is 0 Å². The van der Waals surface area contributed by atoms with Crippen LogP contribution >= 0.6 is 0 Å². The molecule has 1 heterocycles. The minimum Gasteiger partial charge on any atom is -0.350 e. The van der Waals surface area contributed by atoms with E-state index in [1.54, 1.807) is 6.07 Å². The van der Waals surface area contributed by atoms with Gasteiger partial charge in [-0.05, 0) is 62.6 Å². The van der Waals surface area contributed by atoms with E-state index >= 15 is 0 Å². The summed E-state index contributed by atoms with van der Waals surface area (Å²) >= 11 is 0. The average molecular weight is 274 g/mol. The molecule has 0 aliphatic rings. The standard InChI is InChI=1S/C17H23FN2/c1-13-9-16(18)6-5-15(13)12-20-8-7-14(11-20)10-19-17(2,3)4/h5-9,11,19H,10,12H2,1-4H3. The number of hydrogen-bond acceptors (Lipinski definition) is 1. The van der Waals surface area contributed by atoms with Gasteiger partial charge in [-0.15, -0.1) is 0 Å². The predicted octanol–water partition coefficient (Wildman–Crippen LogP) is 3.87. The third-order valence-corrected chi connectivity index (χ3v) is 3.29. The van der Waals surface area contributed by atoms with E-state index in [0.717, 1.165) is 24.2 Å². The SMILES string of the molecule is Cc1cc(F)ccc1Cn1ccc(CNC(C)(C)C)c1. The molecule has 0 aliphatic carbocycles. The van der Waals surface area contributed by atoms with Crippen molar-refractivity contribution in [3.8, 4) is 0 Å². The van der Waals surface area contributed by atoms with Crippen LogP contribution in [0.3, 0.4) is 0 Å². The Morgan fingerprint density at radius 2 is 1.95 bits per heavy atom. The van der Waals surface area contributed by atoms with Crippen LogP contribution in [0.5, 0.6) is 0 Å². The van der Waals surface area contributed by atoms with Gasteiger partial charge in [-0.3, -0.25) is 0 Å². The number of rotatable bonds is 4. The van der Waals surface area contributed by atoms with Crippen molar-refractivity contribution in [2.75, 3.05) is 0 Å². The summed E-state index contributed by atoms with van der Waals surface area (Å²) in [7, 11) is 0. The van der Waals surface area contributed by atoms with Crippen LogP contribution in [0.25, 0.3) is 0 Å². The predicted molar refractivity (Wildman–Crippen MR) is 81.3 cm³/mol. The first kappa shape index (κ1) is 14.8. The van der Waals surface area contributed by atoms with E-state index in [4.69, 9.17) is 0 Å². The van der Waals surface area contributed by atoms with Gasteiger partial charge < -0.3 is 9.88 Å². The smallest absolute Gasteiger partial charge is 0.123 e. The Morgan fingerprint density at radius 3 is 2.60 bits per heavy atom. The largest absolute Gasteiger partial charge is 0.350 e. The van der Waals surface area contributed by atoms with Crippen molar-refractivity contribution in [3.05, 3.63) is 59.2 Å². The van der Waals surface area contributed by atoms with Gasteiger partial charge in [-0.1, -0.05) is 6.07 Å². The molecule has 2 nitrogen and oxygen atoms in total. The third-order valence-electron chi connectivity index (χ3n) is 3.29. The van der Waals surface area contributed by atoms with Crippen molar-refractivity contribution in [3.63, 3.8) is 0 Å². The summed E-state index contributed by atoms with van der Waals surface area (Å²) in [6, 6.07) is 7.09. The Morgan fingerprint density at radius 1 is 1.20 bits per heavy atom. The monoisotopic (exact) mass is 274 g/mol. The second-order valence-corrected chi connectivity index (χ2v) is 6.37. The minimum atomic E-state index is -0.172. The first-order valence-electron chi connectivity index (χ1n) is 6.98. The molecule has 0 radical (unpaired) electrons. The summed E-state index contributed by atoms with van der Waals surface area (Å²) in [4.78, 5) is 0. The molecule has 0 bridgehead atoms. The van der Waals surface area contributed by atoms with Crippen LogP contribution < -0.4 is 5.32 Å². The van der Waals surface area contributed by atoms with Gasteiger partial charge in [0.2, 0.25) is 0 Å². The van der Waals surface area contributed by atoms with E-state index in [1.165, 1.54) is 11.6 Å². The van der Waals surface area contributed by atoms with Crippen LogP contribution in [-0.4, -0.2) is 10.1 Å². The maximum atomic E-state index is 13.1. The Bertz CT molecular complexity index is 579. The second-order valence-electron chi connectivity index (χ2n) is 6.37. The Hall–Kier alpha value is -1.61. The molecule has 0 fully saturated rings. The summed E-state index contributed by atoms with van der Waals surface area (Å²) < 4.78 is 15.2. The maximum Gasteiger partial charge on any atom is 0.123 e. The summed E-state index contributed by atoms with van der Waals surface area (Å²) in [5.41, 5.74) is 3.53. The lowest BCUT2D eigenvalue weighted by Crippen LogP contribution is -2.34. The lowest BCUT2D eigenvalue weighted by molar-refractivity contribution is 0.424. The van der Waals surface area contributed by atoms with E-state index in [0.29, 0.717) is 0 Å². The Kier molecular flexibility index (Phi) is 4.29. The number of hydrogen-bond donors (Lipinski definition) is 1. The highest BCUT2D eigenvalue weighted by Crippen LogP contribution is 2.13. The van der Waals surface area contributed by atoms with Crippen LogP contribution in [0.4, 0.5) is 4.39 Å². The van der Waals surface area contributed by atoms with Gasteiger partial charge in [-0.2, -0.15) is 0 Å². The highest BCUT2D eigenvalue weighted by molar-refractivity contribution is 5.27. The van der Waals surface area contributed by atoms with Gasteiger partial charge in [0.05, 0.1) is 0 Å². The van der Waals surface area contributed by atoms with Gasteiger partial charge in [0, 0.05) is 31.0 Å². The molecule has 0 saturated carbocycles. The van der Waals surface area contributed by atoms with Crippen molar-refractivity contribution in [2.45, 2.75) is 46.3 Å². The molecule has 3 heteroatoms. The zero-order valence-corrected chi connectivity index (χ0v) is 12.7. The molecule has 1 aromatic carbocycles. The van der Waals surface area contributed by atoms with E-state index < -0.39 is 0 Å². The fourth-order valence-electron chi connectivity index (χ4n) is 2.09. The normalized spacial score (nSPS) is 11.8. The quantitative estimate of drug-likeness (QED) is 0.895. The van der Waals surface area contributed by atoms with Gasteiger partial charge in [-0.25, -0.2) is 4.39 Å². The number of halogens is 1. The molecule has 1 N–H and O–H groups in total. The van der Waals surface area contributed by atoms with Crippen LogP contribution in [-0.2, 0) is 13.1 Å². The van der Waals surface area contributed by atoms with Gasteiger partial charge in [0.15, 0.2) is 0 Å². The highest BCUT2D eigenvalue weighted by Gasteiger charge is 2.09. The number of benzene rings is 1. The van der Waals surface area contributed by atoms with Gasteiger partial charge in [0.25, 0.3) is 0 Å². The van der Waals surface area contributed by atoms with Crippen molar-refractivity contribution < 1.29 is 4.39 Å². The minimum absolute atomic E-state index is 0.121. The molecule has 0 saturated heterocycles. The fourth-order valence-corrected chi connectivity index (χ4v) is 2.09. The molecule has 0 aliphatic heterocycles. The summed E-state index contributed by atoms with van der Waals surface area (Å²) in [5.74, 6) is -0.172. The molecule has 2 aromatic rings. The molecule has 20 heavy (non-hydrogen) atoms. The van der Waals surface area contributed by atoms with E-state index in [2.05, 4.69) is 49.1 Å². The van der Waals surface area contributed by atoms with E-state index in [1.807, 2.05) is 13.0 Å². The Labute approximate surface area is 120 Å². The molecule has 1 aromatic heterocycles. The fraction of sp³-hybridized carbons (Fsp3) is 0.412.